The molecule has 7 heteroatoms. The van der Waals surface area contributed by atoms with Crippen LogP contribution in [-0.2, 0) is 10.5 Å². The second-order valence-corrected chi connectivity index (χ2v) is 10.1. The highest BCUT2D eigenvalue weighted by Crippen LogP contribution is 2.43. The van der Waals surface area contributed by atoms with Gasteiger partial charge in [0.1, 0.15) is 5.82 Å². The molecule has 2 aromatic carbocycles. The quantitative estimate of drug-likeness (QED) is 0.402. The van der Waals surface area contributed by atoms with Gasteiger partial charge in [-0.15, -0.1) is 0 Å². The van der Waals surface area contributed by atoms with E-state index < -0.39 is 5.92 Å². The maximum absolute atomic E-state index is 13.4. The Morgan fingerprint density at radius 2 is 1.76 bits per heavy atom. The van der Waals surface area contributed by atoms with Crippen molar-refractivity contribution in [1.82, 2.24) is 9.97 Å². The second kappa shape index (κ2) is 9.14. The molecule has 6 nitrogen and oxygen atoms in total. The van der Waals surface area contributed by atoms with Crippen LogP contribution in [0, 0.1) is 6.92 Å². The first-order valence-electron chi connectivity index (χ1n) is 11.5. The summed E-state index contributed by atoms with van der Waals surface area (Å²) in [6.45, 7) is 2.06. The molecule has 0 bridgehead atoms. The number of aromatic amines is 1. The molecule has 2 heterocycles. The third kappa shape index (κ3) is 4.28. The molecule has 3 aromatic rings. The van der Waals surface area contributed by atoms with Crippen molar-refractivity contribution in [2.24, 2.45) is 0 Å². The molecule has 2 N–H and O–H groups in total. The largest absolute Gasteiger partial charge is 0.378 e. The number of thioether (sulfide) groups is 1. The summed E-state index contributed by atoms with van der Waals surface area (Å²) >= 11 is 1.50. The number of hydrogen-bond donors (Lipinski definition) is 2. The third-order valence-corrected chi connectivity index (χ3v) is 7.42. The first-order chi connectivity index (χ1) is 16.4. The first kappa shape index (κ1) is 22.5. The Morgan fingerprint density at radius 1 is 1.03 bits per heavy atom. The van der Waals surface area contributed by atoms with Crippen LogP contribution in [0.5, 0.6) is 0 Å². The van der Waals surface area contributed by atoms with Crippen LogP contribution in [0.4, 0.5) is 11.5 Å². The molecule has 174 valence electrons. The van der Waals surface area contributed by atoms with Crippen molar-refractivity contribution >= 4 is 29.1 Å². The number of ketones is 1. The van der Waals surface area contributed by atoms with Crippen LogP contribution in [0.3, 0.4) is 0 Å². The zero-order chi connectivity index (χ0) is 23.8. The Labute approximate surface area is 203 Å². The number of allylic oxidation sites excluding steroid dienone is 2. The van der Waals surface area contributed by atoms with Gasteiger partial charge in [-0.3, -0.25) is 9.59 Å². The Balaban J connectivity index is 1.54. The summed E-state index contributed by atoms with van der Waals surface area (Å²) in [5.41, 5.74) is 6.32. The van der Waals surface area contributed by atoms with Crippen molar-refractivity contribution < 1.29 is 4.79 Å². The van der Waals surface area contributed by atoms with Gasteiger partial charge in [0.2, 0.25) is 0 Å². The highest BCUT2D eigenvalue weighted by atomic mass is 32.2. The Hall–Kier alpha value is -3.32. The summed E-state index contributed by atoms with van der Waals surface area (Å²) in [7, 11) is 3.98. The van der Waals surface area contributed by atoms with Crippen molar-refractivity contribution in [2.45, 2.75) is 43.0 Å². The molecular formula is C27H28N4O2S. The standard InChI is InChI=1S/C27H28N4O2S/c1-16-7-9-17(10-8-16)15-34-27-29-25-24(26(33)30-27)22(18-11-13-19(14-12-18)31(2)3)23-20(28-25)5-4-6-21(23)32/h7-14,22H,4-6,15H2,1-3H3,(H2,28,29,30,33)/t22-/m1/s1. The van der Waals surface area contributed by atoms with Gasteiger partial charge in [-0.1, -0.05) is 53.7 Å². The van der Waals surface area contributed by atoms with E-state index in [0.717, 1.165) is 29.8 Å². The molecule has 5 rings (SSSR count). The minimum atomic E-state index is -0.414. The molecule has 1 aliphatic carbocycles. The fourth-order valence-corrected chi connectivity index (χ4v) is 5.46. The molecule has 1 atom stereocenters. The molecule has 0 spiro atoms. The lowest BCUT2D eigenvalue weighted by molar-refractivity contribution is -0.116. The lowest BCUT2D eigenvalue weighted by Gasteiger charge is -2.33. The van der Waals surface area contributed by atoms with E-state index in [1.54, 1.807) is 0 Å². The van der Waals surface area contributed by atoms with Gasteiger partial charge in [0, 0.05) is 49.1 Å². The molecular weight excluding hydrogens is 444 g/mol. The summed E-state index contributed by atoms with van der Waals surface area (Å²) < 4.78 is 0. The number of aryl methyl sites for hydroxylation is 1. The first-order valence-corrected chi connectivity index (χ1v) is 12.5. The highest BCUT2D eigenvalue weighted by Gasteiger charge is 2.37. The van der Waals surface area contributed by atoms with Crippen molar-refractivity contribution in [3.05, 3.63) is 92.4 Å². The number of benzene rings is 2. The molecule has 2 aliphatic rings. The van der Waals surface area contributed by atoms with Crippen molar-refractivity contribution in [3.8, 4) is 0 Å². The molecule has 1 aliphatic heterocycles. The van der Waals surface area contributed by atoms with Crippen LogP contribution < -0.4 is 15.8 Å². The van der Waals surface area contributed by atoms with Gasteiger partial charge in [-0.05, 0) is 43.0 Å². The van der Waals surface area contributed by atoms with Crippen LogP contribution >= 0.6 is 11.8 Å². The maximum atomic E-state index is 13.4. The number of nitrogens with one attached hydrogen (secondary N) is 2. The zero-order valence-corrected chi connectivity index (χ0v) is 20.5. The van der Waals surface area contributed by atoms with E-state index in [0.29, 0.717) is 34.3 Å². The number of hydrogen-bond acceptors (Lipinski definition) is 6. The average molecular weight is 473 g/mol. The number of H-pyrrole nitrogens is 1. The molecule has 34 heavy (non-hydrogen) atoms. The fraction of sp³-hybridized carbons (Fsp3) is 0.296. The predicted molar refractivity (Wildman–Crippen MR) is 138 cm³/mol. The van der Waals surface area contributed by atoms with Crippen LogP contribution in [-0.4, -0.2) is 29.8 Å². The molecule has 0 saturated heterocycles. The van der Waals surface area contributed by atoms with Gasteiger partial charge >= 0.3 is 0 Å². The third-order valence-electron chi connectivity index (χ3n) is 6.48. The van der Waals surface area contributed by atoms with Crippen molar-refractivity contribution in [1.29, 1.82) is 0 Å². The van der Waals surface area contributed by atoms with Gasteiger partial charge in [0.05, 0.1) is 5.56 Å². The lowest BCUT2D eigenvalue weighted by Crippen LogP contribution is -2.32. The van der Waals surface area contributed by atoms with Gasteiger partial charge in [0.15, 0.2) is 10.9 Å². The molecule has 0 fully saturated rings. The Morgan fingerprint density at radius 3 is 2.47 bits per heavy atom. The average Bonchev–Trinajstić information content (AvgIpc) is 2.82. The number of anilines is 2. The summed E-state index contributed by atoms with van der Waals surface area (Å²) in [6.07, 6.45) is 2.11. The van der Waals surface area contributed by atoms with Crippen LogP contribution in [0.2, 0.25) is 0 Å². The van der Waals surface area contributed by atoms with E-state index in [2.05, 4.69) is 41.5 Å². The SMILES string of the molecule is Cc1ccc(CSc2nc3c(c(=O)[nH]2)[C@H](c2ccc(N(C)C)cc2)C2=C(CCCC2=O)N3)cc1. The number of Topliss-reactive ketones (excluding diaryl/α,β-unsaturated/α-hetero) is 1. The molecule has 0 radical (unpaired) electrons. The number of carbonyl (C=O) groups excluding carboxylic acids is 1. The van der Waals surface area contributed by atoms with Gasteiger partial charge in [-0.2, -0.15) is 0 Å². The summed E-state index contributed by atoms with van der Waals surface area (Å²) in [6, 6.07) is 16.4. The van der Waals surface area contributed by atoms with E-state index in [4.69, 9.17) is 4.98 Å². The Kier molecular flexibility index (Phi) is 6.04. The van der Waals surface area contributed by atoms with Gasteiger partial charge in [-0.25, -0.2) is 4.98 Å². The monoisotopic (exact) mass is 472 g/mol. The Bertz CT molecular complexity index is 1320. The van der Waals surface area contributed by atoms with E-state index in [1.165, 1.54) is 22.9 Å². The van der Waals surface area contributed by atoms with Crippen molar-refractivity contribution in [2.75, 3.05) is 24.3 Å². The van der Waals surface area contributed by atoms with Crippen LogP contribution in [0.1, 0.15) is 47.4 Å². The summed E-state index contributed by atoms with van der Waals surface area (Å²) in [5, 5.41) is 3.93. The maximum Gasteiger partial charge on any atom is 0.257 e. The fourth-order valence-electron chi connectivity index (χ4n) is 4.64. The summed E-state index contributed by atoms with van der Waals surface area (Å²) in [4.78, 5) is 36.2. The minimum Gasteiger partial charge on any atom is -0.378 e. The topological polar surface area (TPSA) is 78.1 Å². The van der Waals surface area contributed by atoms with E-state index in [1.807, 2.05) is 43.3 Å². The zero-order valence-electron chi connectivity index (χ0n) is 19.6. The van der Waals surface area contributed by atoms with Gasteiger partial charge < -0.3 is 15.2 Å². The van der Waals surface area contributed by atoms with E-state index in [-0.39, 0.29) is 11.3 Å². The number of carbonyl (C=O) groups is 1. The normalized spacial score (nSPS) is 17.1. The number of fused-ring (bicyclic) bond motifs is 1. The van der Waals surface area contributed by atoms with Crippen molar-refractivity contribution in [3.63, 3.8) is 0 Å². The summed E-state index contributed by atoms with van der Waals surface area (Å²) in [5.74, 6) is 0.968. The molecule has 1 aromatic heterocycles. The predicted octanol–water partition coefficient (Wildman–Crippen LogP) is 5.00. The highest BCUT2D eigenvalue weighted by molar-refractivity contribution is 7.98. The molecule has 0 saturated carbocycles. The van der Waals surface area contributed by atoms with E-state index in [9.17, 15) is 9.59 Å². The smallest absolute Gasteiger partial charge is 0.257 e. The second-order valence-electron chi connectivity index (χ2n) is 9.12. The van der Waals surface area contributed by atoms with Gasteiger partial charge in [0.25, 0.3) is 5.56 Å². The minimum absolute atomic E-state index is 0.110. The number of aromatic nitrogens is 2. The number of nitrogens with zero attached hydrogens (tertiary/aromatic N) is 2. The number of rotatable bonds is 5. The van der Waals surface area contributed by atoms with Crippen LogP contribution in [0.15, 0.2) is 69.8 Å². The molecule has 0 unspecified atom stereocenters. The molecule has 0 amide bonds. The van der Waals surface area contributed by atoms with Crippen LogP contribution in [0.25, 0.3) is 0 Å². The lowest BCUT2D eigenvalue weighted by atomic mass is 9.76. The van der Waals surface area contributed by atoms with E-state index >= 15 is 0 Å².